The van der Waals surface area contributed by atoms with Gasteiger partial charge in [-0.2, -0.15) is 5.26 Å². The summed E-state index contributed by atoms with van der Waals surface area (Å²) in [6.07, 6.45) is 5.69. The van der Waals surface area contributed by atoms with Crippen molar-refractivity contribution in [3.63, 3.8) is 0 Å². The van der Waals surface area contributed by atoms with Crippen LogP contribution in [-0.2, 0) is 9.47 Å². The highest BCUT2D eigenvalue weighted by Crippen LogP contribution is 2.34. The van der Waals surface area contributed by atoms with Crippen LogP contribution in [0.4, 0.5) is 0 Å². The fourth-order valence-electron chi connectivity index (χ4n) is 2.17. The highest BCUT2D eigenvalue weighted by Gasteiger charge is 2.28. The molecule has 1 unspecified atom stereocenters. The van der Waals surface area contributed by atoms with Gasteiger partial charge < -0.3 is 9.47 Å². The second-order valence-corrected chi connectivity index (χ2v) is 4.73. The molecule has 0 aliphatic heterocycles. The van der Waals surface area contributed by atoms with Gasteiger partial charge in [-0.1, -0.05) is 26.7 Å². The summed E-state index contributed by atoms with van der Waals surface area (Å²) in [5.41, 5.74) is -0.192. The summed E-state index contributed by atoms with van der Waals surface area (Å²) in [5, 5.41) is 9.44. The van der Waals surface area contributed by atoms with Crippen LogP contribution in [0.3, 0.4) is 0 Å². The van der Waals surface area contributed by atoms with E-state index in [1.54, 1.807) is 0 Å². The monoisotopic (exact) mass is 255 g/mol. The van der Waals surface area contributed by atoms with E-state index in [4.69, 9.17) is 9.47 Å². The van der Waals surface area contributed by atoms with Crippen LogP contribution < -0.4 is 0 Å². The van der Waals surface area contributed by atoms with Crippen LogP contribution in [0.2, 0.25) is 0 Å². The quantitative estimate of drug-likeness (QED) is 0.518. The minimum absolute atomic E-state index is 0.152. The van der Waals surface area contributed by atoms with E-state index >= 15 is 0 Å². The number of unbranched alkanes of at least 4 members (excludes halogenated alkanes) is 1. The first kappa shape index (κ1) is 17.4. The molecular formula is C15H29NO2. The van der Waals surface area contributed by atoms with Crippen LogP contribution in [0.15, 0.2) is 0 Å². The Balaban J connectivity index is 4.34. The highest BCUT2D eigenvalue weighted by molar-refractivity contribution is 4.97. The molecule has 0 saturated carbocycles. The second-order valence-electron chi connectivity index (χ2n) is 4.73. The minimum Gasteiger partial charge on any atom is -0.353 e. The van der Waals surface area contributed by atoms with Gasteiger partial charge in [0.05, 0.1) is 11.5 Å². The Kier molecular flexibility index (Phi) is 10.0. The molecule has 0 amide bonds. The predicted molar refractivity (Wildman–Crippen MR) is 74.1 cm³/mol. The van der Waals surface area contributed by atoms with Crippen LogP contribution in [0.5, 0.6) is 0 Å². The number of hydrogen-bond donors (Lipinski definition) is 0. The van der Waals surface area contributed by atoms with Crippen molar-refractivity contribution in [2.24, 2.45) is 5.41 Å². The molecule has 0 bridgehead atoms. The first-order chi connectivity index (χ1) is 8.67. The standard InChI is InChI=1S/C15H29NO2/c1-5-9-11-15(6-2,13-16)12-10-14(17-7-3)18-8-4/h14H,5-12H2,1-4H3. The summed E-state index contributed by atoms with van der Waals surface area (Å²) >= 11 is 0. The van der Waals surface area contributed by atoms with Crippen LogP contribution in [0, 0.1) is 16.7 Å². The Morgan fingerprint density at radius 1 is 1.06 bits per heavy atom. The lowest BCUT2D eigenvalue weighted by atomic mass is 9.78. The average Bonchev–Trinajstić information content (AvgIpc) is 2.40. The fourth-order valence-corrected chi connectivity index (χ4v) is 2.17. The third-order valence-electron chi connectivity index (χ3n) is 3.49. The number of ether oxygens (including phenoxy) is 2. The molecule has 0 spiro atoms. The van der Waals surface area contributed by atoms with E-state index in [9.17, 15) is 5.26 Å². The molecule has 3 heteroatoms. The van der Waals surface area contributed by atoms with E-state index in [2.05, 4.69) is 19.9 Å². The largest absolute Gasteiger partial charge is 0.353 e. The van der Waals surface area contributed by atoms with Gasteiger partial charge in [0.25, 0.3) is 0 Å². The third-order valence-corrected chi connectivity index (χ3v) is 3.49. The number of rotatable bonds is 11. The summed E-state index contributed by atoms with van der Waals surface area (Å²) in [6.45, 7) is 9.54. The number of nitrogens with zero attached hydrogens (tertiary/aromatic N) is 1. The van der Waals surface area contributed by atoms with Crippen molar-refractivity contribution in [2.45, 2.75) is 72.5 Å². The molecule has 1 atom stereocenters. The van der Waals surface area contributed by atoms with Gasteiger partial charge in [-0.25, -0.2) is 0 Å². The molecule has 0 saturated heterocycles. The number of nitriles is 1. The third kappa shape index (κ3) is 6.37. The van der Waals surface area contributed by atoms with Crippen molar-refractivity contribution in [3.8, 4) is 6.07 Å². The molecule has 0 aromatic rings. The van der Waals surface area contributed by atoms with Gasteiger partial charge in [0, 0.05) is 13.2 Å². The smallest absolute Gasteiger partial charge is 0.157 e. The molecule has 0 rings (SSSR count). The molecule has 0 fully saturated rings. The van der Waals surface area contributed by atoms with Gasteiger partial charge >= 0.3 is 0 Å². The molecule has 0 aromatic heterocycles. The maximum atomic E-state index is 9.44. The molecule has 18 heavy (non-hydrogen) atoms. The minimum atomic E-state index is -0.192. The summed E-state index contributed by atoms with van der Waals surface area (Å²) in [7, 11) is 0. The molecule has 3 nitrogen and oxygen atoms in total. The molecule has 0 N–H and O–H groups in total. The lowest BCUT2D eigenvalue weighted by Crippen LogP contribution is -2.24. The van der Waals surface area contributed by atoms with Crippen molar-refractivity contribution in [3.05, 3.63) is 0 Å². The van der Waals surface area contributed by atoms with Gasteiger partial charge in [-0.05, 0) is 39.5 Å². The van der Waals surface area contributed by atoms with Gasteiger partial charge in [-0.3, -0.25) is 0 Å². The summed E-state index contributed by atoms with van der Waals surface area (Å²) in [5.74, 6) is 0. The summed E-state index contributed by atoms with van der Waals surface area (Å²) < 4.78 is 11.1. The van der Waals surface area contributed by atoms with Gasteiger partial charge in [-0.15, -0.1) is 0 Å². The maximum Gasteiger partial charge on any atom is 0.157 e. The molecule has 0 aromatic carbocycles. The zero-order valence-electron chi connectivity index (χ0n) is 12.5. The van der Waals surface area contributed by atoms with Gasteiger partial charge in [0.1, 0.15) is 0 Å². The fraction of sp³-hybridized carbons (Fsp3) is 0.933. The van der Waals surface area contributed by atoms with E-state index in [0.29, 0.717) is 13.2 Å². The van der Waals surface area contributed by atoms with Crippen molar-refractivity contribution >= 4 is 0 Å². The Labute approximate surface area is 112 Å². The van der Waals surface area contributed by atoms with E-state index in [0.717, 1.165) is 38.5 Å². The Morgan fingerprint density at radius 2 is 1.67 bits per heavy atom. The average molecular weight is 255 g/mol. The van der Waals surface area contributed by atoms with Gasteiger partial charge in [0.2, 0.25) is 0 Å². The van der Waals surface area contributed by atoms with Crippen molar-refractivity contribution < 1.29 is 9.47 Å². The van der Waals surface area contributed by atoms with Crippen LogP contribution in [0.25, 0.3) is 0 Å². The van der Waals surface area contributed by atoms with Crippen molar-refractivity contribution in [1.82, 2.24) is 0 Å². The SMILES string of the molecule is CCCCC(C#N)(CC)CCC(OCC)OCC. The maximum absolute atomic E-state index is 9.44. The van der Waals surface area contributed by atoms with Crippen LogP contribution in [-0.4, -0.2) is 19.5 Å². The zero-order chi connectivity index (χ0) is 13.9. The lowest BCUT2D eigenvalue weighted by Gasteiger charge is -2.27. The Hall–Kier alpha value is -0.590. The Morgan fingerprint density at radius 3 is 2.06 bits per heavy atom. The van der Waals surface area contributed by atoms with E-state index in [1.165, 1.54) is 0 Å². The number of hydrogen-bond acceptors (Lipinski definition) is 3. The molecule has 0 aliphatic carbocycles. The highest BCUT2D eigenvalue weighted by atomic mass is 16.7. The van der Waals surface area contributed by atoms with Crippen molar-refractivity contribution in [2.75, 3.05) is 13.2 Å². The topological polar surface area (TPSA) is 42.2 Å². The molecule has 0 radical (unpaired) electrons. The predicted octanol–water partition coefficient (Wildman–Crippen LogP) is 4.28. The van der Waals surface area contributed by atoms with E-state index < -0.39 is 0 Å². The Bertz CT molecular complexity index is 231. The zero-order valence-corrected chi connectivity index (χ0v) is 12.5. The van der Waals surface area contributed by atoms with Gasteiger partial charge in [0.15, 0.2) is 6.29 Å². The lowest BCUT2D eigenvalue weighted by molar-refractivity contribution is -0.142. The molecule has 0 heterocycles. The van der Waals surface area contributed by atoms with E-state index in [1.807, 2.05) is 13.8 Å². The first-order valence-electron chi connectivity index (χ1n) is 7.32. The summed E-state index contributed by atoms with van der Waals surface area (Å²) in [4.78, 5) is 0. The molecule has 0 aliphatic rings. The summed E-state index contributed by atoms with van der Waals surface area (Å²) in [6, 6.07) is 2.53. The van der Waals surface area contributed by atoms with E-state index in [-0.39, 0.29) is 11.7 Å². The van der Waals surface area contributed by atoms with Crippen LogP contribution >= 0.6 is 0 Å². The first-order valence-corrected chi connectivity index (χ1v) is 7.32. The van der Waals surface area contributed by atoms with Crippen molar-refractivity contribution in [1.29, 1.82) is 5.26 Å². The normalized spacial score (nSPS) is 14.4. The van der Waals surface area contributed by atoms with Crippen LogP contribution in [0.1, 0.15) is 66.2 Å². The molecule has 106 valence electrons. The second kappa shape index (κ2) is 10.3. The molecular weight excluding hydrogens is 226 g/mol.